The number of nitrogens with zero attached hydrogens (tertiary/aromatic N) is 1. The van der Waals surface area contributed by atoms with Crippen LogP contribution in [-0.4, -0.2) is 70.5 Å². The zero-order chi connectivity index (χ0) is 21.4. The van der Waals surface area contributed by atoms with E-state index in [1.165, 1.54) is 11.4 Å². The van der Waals surface area contributed by atoms with E-state index in [-0.39, 0.29) is 24.1 Å². The molecule has 1 aromatic rings. The molecule has 9 heteroatoms. The second kappa shape index (κ2) is 10.7. The Bertz CT molecular complexity index is 777. The summed E-state index contributed by atoms with van der Waals surface area (Å²) in [5.41, 5.74) is 0.764. The summed E-state index contributed by atoms with van der Waals surface area (Å²) in [7, 11) is -2.07. The Morgan fingerprint density at radius 2 is 1.83 bits per heavy atom. The summed E-state index contributed by atoms with van der Waals surface area (Å²) in [6.07, 6.45) is 0.741. The lowest BCUT2D eigenvalue weighted by Gasteiger charge is -2.31. The number of methoxy groups -OCH3 is 1. The highest BCUT2D eigenvalue weighted by atomic mass is 32.2. The van der Waals surface area contributed by atoms with Crippen molar-refractivity contribution in [1.29, 1.82) is 0 Å². The molecule has 8 nitrogen and oxygen atoms in total. The number of esters is 1. The van der Waals surface area contributed by atoms with E-state index in [4.69, 9.17) is 4.74 Å². The fourth-order valence-electron chi connectivity index (χ4n) is 3.38. The number of hydrogen-bond acceptors (Lipinski definition) is 5. The second-order valence-electron chi connectivity index (χ2n) is 7.52. The predicted octanol–water partition coefficient (Wildman–Crippen LogP) is -0.579. The molecule has 162 valence electrons. The lowest BCUT2D eigenvalue weighted by Crippen LogP contribution is -3.15. The molecule has 0 unspecified atom stereocenters. The Hall–Kier alpha value is -1.97. The van der Waals surface area contributed by atoms with Crippen molar-refractivity contribution in [2.45, 2.75) is 32.1 Å². The second-order valence-corrected chi connectivity index (χ2v) is 9.49. The van der Waals surface area contributed by atoms with Gasteiger partial charge in [-0.1, -0.05) is 50.6 Å². The van der Waals surface area contributed by atoms with Gasteiger partial charge >= 0.3 is 5.97 Å². The maximum atomic E-state index is 12.6. The van der Waals surface area contributed by atoms with Crippen LogP contribution < -0.4 is 10.2 Å². The van der Waals surface area contributed by atoms with Crippen LogP contribution in [0.3, 0.4) is 0 Å². The molecular weight excluding hydrogens is 394 g/mol. The van der Waals surface area contributed by atoms with Gasteiger partial charge in [0.2, 0.25) is 10.0 Å². The quantitative estimate of drug-likeness (QED) is 0.515. The standard InChI is InChI=1S/C20H31N3O5S/c1-4-16(2)19(20(25)28-3)21-18(24)14-22-10-12-23(13-11-22)29(26,27)15-17-8-6-5-7-9-17/h5-9,16,19H,4,10-15H2,1-3H3,(H,21,24)/p+1/t16-,19-/m0/s1. The molecule has 1 amide bonds. The fourth-order valence-corrected chi connectivity index (χ4v) is 4.92. The van der Waals surface area contributed by atoms with Gasteiger partial charge in [0.15, 0.2) is 6.54 Å². The molecule has 1 heterocycles. The van der Waals surface area contributed by atoms with Crippen molar-refractivity contribution in [3.63, 3.8) is 0 Å². The Kier molecular flexibility index (Phi) is 8.60. The first-order valence-electron chi connectivity index (χ1n) is 9.99. The van der Waals surface area contributed by atoms with Gasteiger partial charge in [0.05, 0.1) is 39.0 Å². The summed E-state index contributed by atoms with van der Waals surface area (Å²) in [5.74, 6) is -0.712. The SMILES string of the molecule is CC[C@H](C)[C@H](NC(=O)C[NH+]1CCN(S(=O)(=O)Cc2ccccc2)CC1)C(=O)OC. The number of quaternary nitrogens is 1. The van der Waals surface area contributed by atoms with Crippen molar-refractivity contribution in [1.82, 2.24) is 9.62 Å². The molecule has 1 aromatic carbocycles. The van der Waals surface area contributed by atoms with E-state index in [2.05, 4.69) is 5.32 Å². The smallest absolute Gasteiger partial charge is 0.328 e. The molecule has 2 rings (SSSR count). The van der Waals surface area contributed by atoms with Crippen molar-refractivity contribution in [3.8, 4) is 0 Å². The van der Waals surface area contributed by atoms with Crippen LogP contribution in [0.15, 0.2) is 30.3 Å². The Labute approximate surface area is 173 Å². The highest BCUT2D eigenvalue weighted by Gasteiger charge is 2.32. The molecule has 0 aromatic heterocycles. The van der Waals surface area contributed by atoms with Gasteiger partial charge in [-0.05, 0) is 11.5 Å². The molecule has 1 aliphatic heterocycles. The van der Waals surface area contributed by atoms with Crippen LogP contribution in [0.5, 0.6) is 0 Å². The van der Waals surface area contributed by atoms with Crippen LogP contribution in [0.4, 0.5) is 0 Å². The van der Waals surface area contributed by atoms with E-state index in [1.807, 2.05) is 32.0 Å². The summed E-state index contributed by atoms with van der Waals surface area (Å²) in [6, 6.07) is 8.45. The van der Waals surface area contributed by atoms with Gasteiger partial charge < -0.3 is 15.0 Å². The number of sulfonamides is 1. The third kappa shape index (κ3) is 6.80. The average Bonchev–Trinajstić information content (AvgIpc) is 2.71. The zero-order valence-electron chi connectivity index (χ0n) is 17.4. The van der Waals surface area contributed by atoms with Gasteiger partial charge in [0.1, 0.15) is 6.04 Å². The molecule has 2 N–H and O–H groups in total. The van der Waals surface area contributed by atoms with Gasteiger partial charge in [0.25, 0.3) is 5.91 Å². The van der Waals surface area contributed by atoms with Gasteiger partial charge in [-0.15, -0.1) is 0 Å². The zero-order valence-corrected chi connectivity index (χ0v) is 18.2. The number of carbonyl (C=O) groups is 2. The van der Waals surface area contributed by atoms with Crippen molar-refractivity contribution in [3.05, 3.63) is 35.9 Å². The summed E-state index contributed by atoms with van der Waals surface area (Å²) in [5, 5.41) is 2.77. The summed E-state index contributed by atoms with van der Waals surface area (Å²) in [6.45, 7) is 5.91. The first-order chi connectivity index (χ1) is 13.8. The highest BCUT2D eigenvalue weighted by Crippen LogP contribution is 2.11. The molecule has 0 aliphatic carbocycles. The number of carbonyl (C=O) groups excluding carboxylic acids is 2. The maximum Gasteiger partial charge on any atom is 0.328 e. The van der Waals surface area contributed by atoms with E-state index in [0.29, 0.717) is 26.2 Å². The molecule has 0 spiro atoms. The van der Waals surface area contributed by atoms with Crippen LogP contribution in [-0.2, 0) is 30.1 Å². The topological polar surface area (TPSA) is 97.2 Å². The van der Waals surface area contributed by atoms with Gasteiger partial charge in [-0.25, -0.2) is 13.2 Å². The molecule has 0 radical (unpaired) electrons. The molecule has 1 saturated heterocycles. The van der Waals surface area contributed by atoms with Crippen LogP contribution in [0.25, 0.3) is 0 Å². The van der Waals surface area contributed by atoms with Gasteiger partial charge in [-0.3, -0.25) is 4.79 Å². The number of ether oxygens (including phenoxy) is 1. The minimum Gasteiger partial charge on any atom is -0.467 e. The van der Waals surface area contributed by atoms with Gasteiger partial charge in [0, 0.05) is 0 Å². The van der Waals surface area contributed by atoms with Crippen molar-refractivity contribution in [2.24, 2.45) is 5.92 Å². The highest BCUT2D eigenvalue weighted by molar-refractivity contribution is 7.88. The molecule has 29 heavy (non-hydrogen) atoms. The molecular formula is C20H32N3O5S+. The minimum atomic E-state index is -3.38. The van der Waals surface area contributed by atoms with Crippen molar-refractivity contribution in [2.75, 3.05) is 39.8 Å². The third-order valence-corrected chi connectivity index (χ3v) is 7.26. The Morgan fingerprint density at radius 3 is 2.38 bits per heavy atom. The Balaban J connectivity index is 1.85. The van der Waals surface area contributed by atoms with Crippen LogP contribution >= 0.6 is 0 Å². The van der Waals surface area contributed by atoms with Crippen LogP contribution in [0.1, 0.15) is 25.8 Å². The number of rotatable bonds is 9. The van der Waals surface area contributed by atoms with E-state index >= 15 is 0 Å². The number of amides is 1. The van der Waals surface area contributed by atoms with E-state index in [9.17, 15) is 18.0 Å². The normalized spacial score (nSPS) is 18.0. The molecule has 0 saturated carbocycles. The number of piperazine rings is 1. The third-order valence-electron chi connectivity index (χ3n) is 5.41. The molecule has 2 atom stereocenters. The lowest BCUT2D eigenvalue weighted by molar-refractivity contribution is -0.895. The van der Waals surface area contributed by atoms with Crippen LogP contribution in [0.2, 0.25) is 0 Å². The maximum absolute atomic E-state index is 12.6. The molecule has 1 fully saturated rings. The predicted molar refractivity (Wildman–Crippen MR) is 110 cm³/mol. The van der Waals surface area contributed by atoms with E-state index in [1.54, 1.807) is 12.1 Å². The number of nitrogens with one attached hydrogen (secondary N) is 2. The molecule has 1 aliphatic rings. The number of benzene rings is 1. The van der Waals surface area contributed by atoms with Crippen molar-refractivity contribution < 1.29 is 27.6 Å². The first-order valence-corrected chi connectivity index (χ1v) is 11.6. The van der Waals surface area contributed by atoms with E-state index < -0.39 is 22.0 Å². The lowest BCUT2D eigenvalue weighted by atomic mass is 9.99. The fraction of sp³-hybridized carbons (Fsp3) is 0.600. The number of hydrogen-bond donors (Lipinski definition) is 2. The monoisotopic (exact) mass is 426 g/mol. The minimum absolute atomic E-state index is 0.0145. The van der Waals surface area contributed by atoms with E-state index in [0.717, 1.165) is 16.9 Å². The largest absolute Gasteiger partial charge is 0.467 e. The van der Waals surface area contributed by atoms with Crippen molar-refractivity contribution >= 4 is 21.9 Å². The first kappa shape index (κ1) is 23.3. The summed E-state index contributed by atoms with van der Waals surface area (Å²) < 4.78 is 31.6. The Morgan fingerprint density at radius 1 is 1.21 bits per heavy atom. The summed E-state index contributed by atoms with van der Waals surface area (Å²) in [4.78, 5) is 25.3. The summed E-state index contributed by atoms with van der Waals surface area (Å²) >= 11 is 0. The average molecular weight is 427 g/mol. The van der Waals surface area contributed by atoms with Gasteiger partial charge in [-0.2, -0.15) is 4.31 Å². The molecule has 0 bridgehead atoms. The van der Waals surface area contributed by atoms with Crippen LogP contribution in [0, 0.1) is 5.92 Å².